The first-order chi connectivity index (χ1) is 16.1. The maximum absolute atomic E-state index is 13.0. The molecule has 178 valence electrons. The number of alkyl carbamates (subject to hydrolysis) is 1. The second-order valence-electron chi connectivity index (χ2n) is 8.84. The van der Waals surface area contributed by atoms with Crippen molar-refractivity contribution in [2.75, 3.05) is 18.6 Å². The first-order valence-electron chi connectivity index (χ1n) is 10.7. The summed E-state index contributed by atoms with van der Waals surface area (Å²) < 4.78 is 10.4. The molecule has 0 aromatic heterocycles. The Hall–Kier alpha value is -3.92. The van der Waals surface area contributed by atoms with Crippen molar-refractivity contribution in [1.82, 2.24) is 10.4 Å². The highest BCUT2D eigenvalue weighted by Gasteiger charge is 2.50. The first-order valence-corrected chi connectivity index (χ1v) is 10.7. The maximum atomic E-state index is 13.0. The minimum Gasteiger partial charge on any atom is -0.497 e. The molecule has 2 aromatic carbocycles. The van der Waals surface area contributed by atoms with Crippen LogP contribution in [0.5, 0.6) is 5.75 Å². The molecule has 2 heterocycles. The number of benzene rings is 2. The minimum absolute atomic E-state index is 0.219. The van der Waals surface area contributed by atoms with Crippen LogP contribution in [0.4, 0.5) is 10.5 Å². The van der Waals surface area contributed by atoms with Gasteiger partial charge in [0.1, 0.15) is 17.4 Å². The number of carbonyl (C=O) groups is 4. The van der Waals surface area contributed by atoms with Gasteiger partial charge in [-0.05, 0) is 57.2 Å². The zero-order chi connectivity index (χ0) is 24.6. The molecule has 0 saturated carbocycles. The van der Waals surface area contributed by atoms with E-state index in [4.69, 9.17) is 14.3 Å². The number of hydrogen-bond donors (Lipinski definition) is 1. The summed E-state index contributed by atoms with van der Waals surface area (Å²) in [5, 5.41) is 3.25. The lowest BCUT2D eigenvalue weighted by Gasteiger charge is -2.46. The van der Waals surface area contributed by atoms with E-state index in [1.807, 2.05) is 0 Å². The van der Waals surface area contributed by atoms with Crippen molar-refractivity contribution in [3.8, 4) is 5.75 Å². The molecule has 4 amide bonds. The van der Waals surface area contributed by atoms with Crippen molar-refractivity contribution in [3.05, 3.63) is 59.7 Å². The molecule has 2 unspecified atom stereocenters. The number of hydrogen-bond acceptors (Lipinski definition) is 7. The van der Waals surface area contributed by atoms with Gasteiger partial charge in [-0.1, -0.05) is 12.1 Å². The molecule has 0 spiro atoms. The Kier molecular flexibility index (Phi) is 6.01. The molecular formula is C24H25N3O7. The third-order valence-corrected chi connectivity index (χ3v) is 5.37. The molecule has 0 aliphatic carbocycles. The summed E-state index contributed by atoms with van der Waals surface area (Å²) in [4.78, 5) is 57.5. The molecule has 1 fully saturated rings. The second-order valence-corrected chi connectivity index (χ2v) is 8.84. The normalized spacial score (nSPS) is 19.6. The van der Waals surface area contributed by atoms with Crippen LogP contribution >= 0.6 is 0 Å². The van der Waals surface area contributed by atoms with Crippen molar-refractivity contribution in [2.24, 2.45) is 0 Å². The van der Waals surface area contributed by atoms with E-state index in [-0.39, 0.29) is 23.6 Å². The molecule has 2 atom stereocenters. The number of imide groups is 1. The van der Waals surface area contributed by atoms with Gasteiger partial charge in [0.2, 0.25) is 0 Å². The van der Waals surface area contributed by atoms with Crippen molar-refractivity contribution in [3.63, 3.8) is 0 Å². The van der Waals surface area contributed by atoms with E-state index in [0.29, 0.717) is 16.5 Å². The van der Waals surface area contributed by atoms with Gasteiger partial charge < -0.3 is 19.7 Å². The van der Waals surface area contributed by atoms with Crippen LogP contribution in [0.3, 0.4) is 0 Å². The highest BCUT2D eigenvalue weighted by molar-refractivity contribution is 6.20. The number of rotatable bonds is 6. The number of nitrogens with zero attached hydrogens (tertiary/aromatic N) is 2. The fraction of sp³-hybridized carbons (Fsp3) is 0.333. The van der Waals surface area contributed by atoms with Crippen molar-refractivity contribution in [1.29, 1.82) is 0 Å². The zero-order valence-electron chi connectivity index (χ0n) is 19.2. The predicted octanol–water partition coefficient (Wildman–Crippen LogP) is 2.53. The van der Waals surface area contributed by atoms with Crippen LogP contribution in [-0.2, 0) is 14.4 Å². The van der Waals surface area contributed by atoms with Gasteiger partial charge >= 0.3 is 6.09 Å². The van der Waals surface area contributed by atoms with Gasteiger partial charge in [-0.25, -0.2) is 4.79 Å². The molecule has 4 rings (SSSR count). The molecule has 1 saturated heterocycles. The van der Waals surface area contributed by atoms with E-state index in [0.717, 1.165) is 0 Å². The number of hydroxylamine groups is 2. The zero-order valence-corrected chi connectivity index (χ0v) is 19.2. The van der Waals surface area contributed by atoms with Gasteiger partial charge in [-0.3, -0.25) is 19.2 Å². The van der Waals surface area contributed by atoms with E-state index < -0.39 is 35.6 Å². The van der Waals surface area contributed by atoms with Crippen LogP contribution in [0.15, 0.2) is 48.5 Å². The van der Waals surface area contributed by atoms with E-state index in [1.54, 1.807) is 69.3 Å². The molecule has 34 heavy (non-hydrogen) atoms. The average Bonchev–Trinajstić information content (AvgIpc) is 3.04. The van der Waals surface area contributed by atoms with Gasteiger partial charge in [-0.15, -0.1) is 5.06 Å². The molecule has 2 aliphatic rings. The lowest BCUT2D eigenvalue weighted by Crippen LogP contribution is -2.73. The second kappa shape index (κ2) is 8.79. The highest BCUT2D eigenvalue weighted by atomic mass is 16.7. The number of fused-ring (bicyclic) bond motifs is 1. The minimum atomic E-state index is -0.966. The fourth-order valence-electron chi connectivity index (χ4n) is 3.80. The smallest absolute Gasteiger partial charge is 0.408 e. The Morgan fingerprint density at radius 1 is 0.971 bits per heavy atom. The lowest BCUT2D eigenvalue weighted by atomic mass is 9.94. The number of anilines is 1. The van der Waals surface area contributed by atoms with Gasteiger partial charge in [0.25, 0.3) is 17.7 Å². The van der Waals surface area contributed by atoms with Crippen molar-refractivity contribution >= 4 is 29.5 Å². The number of amides is 4. The lowest BCUT2D eigenvalue weighted by molar-refractivity contribution is -0.135. The topological polar surface area (TPSA) is 114 Å². The number of ether oxygens (including phenoxy) is 2. The van der Waals surface area contributed by atoms with Gasteiger partial charge in [0, 0.05) is 5.69 Å². The monoisotopic (exact) mass is 467 g/mol. The molecule has 2 aromatic rings. The molecule has 0 bridgehead atoms. The molecule has 10 heteroatoms. The molecule has 10 nitrogen and oxygen atoms in total. The quantitative estimate of drug-likeness (QED) is 0.513. The van der Waals surface area contributed by atoms with Gasteiger partial charge in [0.15, 0.2) is 0 Å². The van der Waals surface area contributed by atoms with Crippen LogP contribution in [0.25, 0.3) is 0 Å². The SMILES string of the molecule is COc1ccc(N2C(=O)C(NC(=O)OC(C)(C)C)C2CON2C(=O)c3ccccc3C2=O)cc1. The van der Waals surface area contributed by atoms with Crippen LogP contribution < -0.4 is 15.0 Å². The molecule has 0 radical (unpaired) electrons. The third kappa shape index (κ3) is 4.32. The van der Waals surface area contributed by atoms with Gasteiger partial charge in [-0.2, -0.15) is 0 Å². The van der Waals surface area contributed by atoms with Gasteiger partial charge in [0.05, 0.1) is 30.9 Å². The summed E-state index contributed by atoms with van der Waals surface area (Å²) >= 11 is 0. The average molecular weight is 467 g/mol. The first kappa shape index (κ1) is 23.2. The standard InChI is InChI=1S/C24H25N3O7/c1-24(2,3)34-23(31)25-19-18(26(22(19)30)14-9-11-15(32-4)12-10-14)13-33-27-20(28)16-7-5-6-8-17(16)21(27)29/h5-12,18-19H,13H2,1-4H3,(H,25,31). The predicted molar refractivity (Wildman–Crippen MR) is 120 cm³/mol. The van der Waals surface area contributed by atoms with Crippen molar-refractivity contribution < 1.29 is 33.5 Å². The summed E-state index contributed by atoms with van der Waals surface area (Å²) in [7, 11) is 1.53. The third-order valence-electron chi connectivity index (χ3n) is 5.37. The maximum Gasteiger partial charge on any atom is 0.408 e. The Bertz CT molecular complexity index is 1110. The number of nitrogens with one attached hydrogen (secondary N) is 1. The fourth-order valence-corrected chi connectivity index (χ4v) is 3.80. The largest absolute Gasteiger partial charge is 0.497 e. The highest BCUT2D eigenvalue weighted by Crippen LogP contribution is 2.31. The van der Waals surface area contributed by atoms with Crippen molar-refractivity contribution in [2.45, 2.75) is 38.5 Å². The number of β-lactam (4-membered cyclic amide) rings is 1. The Labute approximate surface area is 196 Å². The summed E-state index contributed by atoms with van der Waals surface area (Å²) in [6.07, 6.45) is -0.758. The van der Waals surface area contributed by atoms with E-state index in [1.165, 1.54) is 12.0 Å². The number of carbonyl (C=O) groups excluding carboxylic acids is 4. The molecular weight excluding hydrogens is 442 g/mol. The van der Waals surface area contributed by atoms with Crippen LogP contribution in [0, 0.1) is 0 Å². The number of methoxy groups -OCH3 is 1. The Morgan fingerprint density at radius 2 is 1.56 bits per heavy atom. The molecule has 1 N–H and O–H groups in total. The molecule has 2 aliphatic heterocycles. The van der Waals surface area contributed by atoms with E-state index in [2.05, 4.69) is 5.32 Å². The van der Waals surface area contributed by atoms with Crippen LogP contribution in [0.2, 0.25) is 0 Å². The van der Waals surface area contributed by atoms with E-state index >= 15 is 0 Å². The Balaban J connectivity index is 1.53. The summed E-state index contributed by atoms with van der Waals surface area (Å²) in [6.45, 7) is 4.91. The van der Waals surface area contributed by atoms with Crippen LogP contribution in [-0.4, -0.2) is 60.3 Å². The Morgan fingerprint density at radius 3 is 2.09 bits per heavy atom. The summed E-state index contributed by atoms with van der Waals surface area (Å²) in [6, 6.07) is 11.5. The van der Waals surface area contributed by atoms with E-state index in [9.17, 15) is 19.2 Å². The summed E-state index contributed by atoms with van der Waals surface area (Å²) in [5.74, 6) is -0.941. The summed E-state index contributed by atoms with van der Waals surface area (Å²) in [5.41, 5.74) is 0.280. The van der Waals surface area contributed by atoms with Crippen LogP contribution in [0.1, 0.15) is 41.5 Å².